The topological polar surface area (TPSA) is 84.1 Å². The van der Waals surface area contributed by atoms with E-state index in [0.717, 1.165) is 49.7 Å². The summed E-state index contributed by atoms with van der Waals surface area (Å²) in [6.07, 6.45) is 4.14. The molecule has 0 unspecified atom stereocenters. The molecule has 7 nitrogen and oxygen atoms in total. The van der Waals surface area contributed by atoms with Crippen molar-refractivity contribution in [3.8, 4) is 5.75 Å². The van der Waals surface area contributed by atoms with Crippen LogP contribution in [0.1, 0.15) is 51.6 Å². The summed E-state index contributed by atoms with van der Waals surface area (Å²) in [4.78, 5) is 32.6. The van der Waals surface area contributed by atoms with Gasteiger partial charge in [-0.2, -0.15) is 0 Å². The van der Waals surface area contributed by atoms with Gasteiger partial charge in [-0.1, -0.05) is 12.1 Å². The number of methoxy groups -OCH3 is 1. The number of amides is 1. The zero-order valence-electron chi connectivity index (χ0n) is 21.5. The molecule has 0 radical (unpaired) electrons. The average Bonchev–Trinajstić information content (AvgIpc) is 2.94. The molecule has 2 aliphatic rings. The maximum atomic E-state index is 13.6. The number of hydrogen-bond acceptors (Lipinski definition) is 6. The Morgan fingerprint density at radius 2 is 1.76 bits per heavy atom. The van der Waals surface area contributed by atoms with E-state index in [1.54, 1.807) is 43.5 Å². The van der Waals surface area contributed by atoms with E-state index in [4.69, 9.17) is 14.1 Å². The van der Waals surface area contributed by atoms with Gasteiger partial charge in [0, 0.05) is 35.3 Å². The van der Waals surface area contributed by atoms with Crippen LogP contribution in [0.4, 0.5) is 17.1 Å². The van der Waals surface area contributed by atoms with E-state index >= 15 is 0 Å². The number of rotatable bonds is 5. The van der Waals surface area contributed by atoms with Crippen LogP contribution in [0.2, 0.25) is 0 Å². The Labute approximate surface area is 220 Å². The van der Waals surface area contributed by atoms with Crippen LogP contribution in [0.3, 0.4) is 0 Å². The zero-order chi connectivity index (χ0) is 26.2. The van der Waals surface area contributed by atoms with Crippen molar-refractivity contribution >= 4 is 39.7 Å². The summed E-state index contributed by atoms with van der Waals surface area (Å²) in [6, 6.07) is 18.3. The highest BCUT2D eigenvalue weighted by Crippen LogP contribution is 2.40. The second-order valence-corrected chi connectivity index (χ2v) is 9.81. The van der Waals surface area contributed by atoms with Gasteiger partial charge in [0.05, 0.1) is 18.5 Å². The number of Topliss-reactive ketones (excluding diaryl/α,β-unsaturated/α-hetero) is 1. The molecular weight excluding hydrogens is 478 g/mol. The molecule has 0 aliphatic carbocycles. The van der Waals surface area contributed by atoms with E-state index in [1.807, 2.05) is 18.2 Å². The van der Waals surface area contributed by atoms with Crippen molar-refractivity contribution in [1.29, 1.82) is 0 Å². The first-order valence-electron chi connectivity index (χ1n) is 13.0. The first-order valence-corrected chi connectivity index (χ1v) is 13.0. The minimum Gasteiger partial charge on any atom is -0.495 e. The number of ketones is 1. The molecule has 1 N–H and O–H groups in total. The molecule has 38 heavy (non-hydrogen) atoms. The lowest BCUT2D eigenvalue weighted by Gasteiger charge is -2.37. The molecule has 7 heteroatoms. The van der Waals surface area contributed by atoms with Crippen molar-refractivity contribution in [3.63, 3.8) is 0 Å². The molecule has 2 aliphatic heterocycles. The summed E-state index contributed by atoms with van der Waals surface area (Å²) in [5, 5.41) is 3.87. The average molecular weight is 508 g/mol. The molecule has 1 aromatic heterocycles. The summed E-state index contributed by atoms with van der Waals surface area (Å²) in [5.74, 6) is 0.208. The van der Waals surface area contributed by atoms with Gasteiger partial charge in [0.15, 0.2) is 5.78 Å². The summed E-state index contributed by atoms with van der Waals surface area (Å²) in [6.45, 7) is 3.65. The first-order chi connectivity index (χ1) is 18.5. The van der Waals surface area contributed by atoms with Crippen molar-refractivity contribution in [2.75, 3.05) is 30.4 Å². The molecule has 0 saturated heterocycles. The summed E-state index contributed by atoms with van der Waals surface area (Å²) >= 11 is 0. The third-order valence-corrected chi connectivity index (χ3v) is 7.33. The molecule has 192 valence electrons. The molecule has 4 aromatic rings. The Morgan fingerprint density at radius 3 is 2.53 bits per heavy atom. The molecule has 6 rings (SSSR count). The van der Waals surface area contributed by atoms with Crippen LogP contribution in [-0.4, -0.2) is 31.9 Å². The zero-order valence-corrected chi connectivity index (χ0v) is 21.5. The van der Waals surface area contributed by atoms with E-state index < -0.39 is 0 Å². The maximum absolute atomic E-state index is 13.6. The number of nitrogens with zero attached hydrogens (tertiary/aromatic N) is 2. The Kier molecular flexibility index (Phi) is 6.19. The molecule has 3 aromatic carbocycles. The molecule has 1 amide bonds. The fraction of sp³-hybridized carbons (Fsp3) is 0.258. The number of nitrogens with one attached hydrogen (secondary N) is 1. The maximum Gasteiger partial charge on any atom is 0.261 e. The number of hydrogen-bond donors (Lipinski definition) is 1. The predicted octanol–water partition coefficient (Wildman–Crippen LogP) is 5.83. The van der Waals surface area contributed by atoms with Crippen LogP contribution in [-0.2, 0) is 12.8 Å². The Bertz CT molecular complexity index is 1630. The fourth-order valence-electron chi connectivity index (χ4n) is 5.52. The van der Waals surface area contributed by atoms with E-state index in [0.29, 0.717) is 28.3 Å². The standard InChI is InChI=1S/C31H29N3O4/c1-19(35)20-11-13-23(14-12-20)32-31-25(30(36)33-26-9-3-4-10-27(26)37-2)18-22-17-21-7-5-15-34-16-6-8-24(28(21)34)29(22)38-31/h3-4,9-14,17-18H,5-8,15-16H2,1-2H3,(H,33,36). The number of benzene rings is 3. The third-order valence-electron chi connectivity index (χ3n) is 7.33. The number of ether oxygens (including phenoxy) is 1. The van der Waals surface area contributed by atoms with Gasteiger partial charge in [-0.05, 0) is 86.7 Å². The van der Waals surface area contributed by atoms with Crippen molar-refractivity contribution in [2.24, 2.45) is 4.99 Å². The molecule has 0 saturated carbocycles. The van der Waals surface area contributed by atoms with Gasteiger partial charge in [0.1, 0.15) is 16.9 Å². The number of para-hydroxylation sites is 2. The highest BCUT2D eigenvalue weighted by Gasteiger charge is 2.27. The molecule has 3 heterocycles. The largest absolute Gasteiger partial charge is 0.495 e. The lowest BCUT2D eigenvalue weighted by molar-refractivity contribution is 0.101. The monoisotopic (exact) mass is 507 g/mol. The molecular formula is C31H29N3O4. The summed E-state index contributed by atoms with van der Waals surface area (Å²) in [5.41, 5.74) is 6.90. The van der Waals surface area contributed by atoms with Crippen molar-refractivity contribution < 1.29 is 18.7 Å². The quantitative estimate of drug-likeness (QED) is 0.344. The van der Waals surface area contributed by atoms with Crippen LogP contribution < -0.4 is 20.5 Å². The van der Waals surface area contributed by atoms with E-state index in [9.17, 15) is 9.59 Å². The van der Waals surface area contributed by atoms with E-state index in [2.05, 4.69) is 16.3 Å². The van der Waals surface area contributed by atoms with Crippen molar-refractivity contribution in [2.45, 2.75) is 32.6 Å². The van der Waals surface area contributed by atoms with Crippen LogP contribution in [0, 0.1) is 0 Å². The van der Waals surface area contributed by atoms with Crippen molar-refractivity contribution in [1.82, 2.24) is 0 Å². The van der Waals surface area contributed by atoms with Gasteiger partial charge in [0.25, 0.3) is 5.91 Å². The SMILES string of the molecule is COc1ccccc1NC(=O)c1cc2cc3c4c(c2oc1=Nc1ccc(C(C)=O)cc1)CCCN4CCC3. The molecule has 0 spiro atoms. The summed E-state index contributed by atoms with van der Waals surface area (Å²) in [7, 11) is 1.57. The normalized spacial score (nSPS) is 14.8. The van der Waals surface area contributed by atoms with E-state index in [1.165, 1.54) is 23.7 Å². The number of aryl methyl sites for hydroxylation is 2. The first kappa shape index (κ1) is 24.0. The highest BCUT2D eigenvalue weighted by atomic mass is 16.5. The van der Waals surface area contributed by atoms with Crippen molar-refractivity contribution in [3.05, 3.63) is 88.5 Å². The lowest BCUT2D eigenvalue weighted by atomic mass is 9.90. The highest BCUT2D eigenvalue weighted by molar-refractivity contribution is 6.06. The minimum atomic E-state index is -0.341. The van der Waals surface area contributed by atoms with Gasteiger partial charge in [0.2, 0.25) is 5.55 Å². The van der Waals surface area contributed by atoms with Gasteiger partial charge < -0.3 is 19.4 Å². The number of carbonyl (C=O) groups excluding carboxylic acids is 2. The van der Waals surface area contributed by atoms with Crippen LogP contribution >= 0.6 is 0 Å². The lowest BCUT2D eigenvalue weighted by Crippen LogP contribution is -2.34. The Hall–Kier alpha value is -4.39. The van der Waals surface area contributed by atoms with Gasteiger partial charge in [-0.15, -0.1) is 0 Å². The second kappa shape index (κ2) is 9.82. The summed E-state index contributed by atoms with van der Waals surface area (Å²) < 4.78 is 11.9. The van der Waals surface area contributed by atoms with Gasteiger partial charge in [-0.25, -0.2) is 4.99 Å². The Morgan fingerprint density at radius 1 is 1.00 bits per heavy atom. The van der Waals surface area contributed by atoms with Crippen LogP contribution in [0.15, 0.2) is 70.1 Å². The second-order valence-electron chi connectivity index (χ2n) is 9.81. The third kappa shape index (κ3) is 4.34. The number of fused-ring (bicyclic) bond motifs is 2. The van der Waals surface area contributed by atoms with Crippen LogP contribution in [0.25, 0.3) is 11.0 Å². The molecule has 0 fully saturated rings. The number of anilines is 2. The Balaban J connectivity index is 1.54. The molecule has 0 bridgehead atoms. The molecule has 0 atom stereocenters. The van der Waals surface area contributed by atoms with Gasteiger partial charge >= 0.3 is 0 Å². The fourth-order valence-corrected chi connectivity index (χ4v) is 5.52. The van der Waals surface area contributed by atoms with E-state index in [-0.39, 0.29) is 17.2 Å². The minimum absolute atomic E-state index is 0.0164. The van der Waals surface area contributed by atoms with Crippen LogP contribution in [0.5, 0.6) is 5.75 Å². The smallest absolute Gasteiger partial charge is 0.261 e. The van der Waals surface area contributed by atoms with Gasteiger partial charge in [-0.3, -0.25) is 9.59 Å². The predicted molar refractivity (Wildman–Crippen MR) is 148 cm³/mol. The number of carbonyl (C=O) groups is 2.